The third kappa shape index (κ3) is 4.33. The van der Waals surface area contributed by atoms with Crippen LogP contribution in [0.2, 0.25) is 0 Å². The third-order valence-electron chi connectivity index (χ3n) is 2.75. The number of nitrogens with one attached hydrogen (secondary N) is 2. The van der Waals surface area contributed by atoms with Gasteiger partial charge in [-0.2, -0.15) is 0 Å². The summed E-state index contributed by atoms with van der Waals surface area (Å²) >= 11 is 8.74. The van der Waals surface area contributed by atoms with Crippen LogP contribution < -0.4 is 10.6 Å². The second-order valence-electron chi connectivity index (χ2n) is 4.24. The van der Waals surface area contributed by atoms with E-state index in [1.54, 1.807) is 0 Å². The van der Waals surface area contributed by atoms with Crippen LogP contribution in [0.4, 0.5) is 5.69 Å². The van der Waals surface area contributed by atoms with Gasteiger partial charge >= 0.3 is 0 Å². The van der Waals surface area contributed by atoms with Gasteiger partial charge in [0.2, 0.25) is 0 Å². The molecule has 2 N–H and O–H groups in total. The summed E-state index contributed by atoms with van der Waals surface area (Å²) in [4.78, 5) is 0. The first-order valence-electron chi connectivity index (χ1n) is 6.03. The molecule has 98 valence electrons. The van der Waals surface area contributed by atoms with Crippen molar-refractivity contribution in [1.29, 1.82) is 0 Å². The summed E-state index contributed by atoms with van der Waals surface area (Å²) in [6.45, 7) is 2.09. The van der Waals surface area contributed by atoms with Gasteiger partial charge in [0.1, 0.15) is 0 Å². The number of hydrogen-bond acceptors (Lipinski definition) is 1. The van der Waals surface area contributed by atoms with Gasteiger partial charge in [-0.1, -0.05) is 46.3 Å². The summed E-state index contributed by atoms with van der Waals surface area (Å²) in [5.74, 6) is 0. The molecule has 0 aliphatic carbocycles. The van der Waals surface area contributed by atoms with E-state index in [-0.39, 0.29) is 6.04 Å². The standard InChI is InChI=1S/C15H15BrN2S/c1-11(12-7-9-13(16)10-8-12)17-15(19)18-14-5-3-2-4-6-14/h2-11H,1H3,(H2,17,18,19)/t11-/m1/s1. The molecule has 2 aromatic carbocycles. The van der Waals surface area contributed by atoms with Crippen molar-refractivity contribution in [2.45, 2.75) is 13.0 Å². The minimum Gasteiger partial charge on any atom is -0.356 e. The van der Waals surface area contributed by atoms with Crippen molar-refractivity contribution in [3.63, 3.8) is 0 Å². The highest BCUT2D eigenvalue weighted by molar-refractivity contribution is 9.10. The number of benzene rings is 2. The molecular weight excluding hydrogens is 320 g/mol. The molecule has 1 atom stereocenters. The fourth-order valence-electron chi connectivity index (χ4n) is 1.72. The van der Waals surface area contributed by atoms with Crippen molar-refractivity contribution in [1.82, 2.24) is 5.32 Å². The lowest BCUT2D eigenvalue weighted by molar-refractivity contribution is 0.722. The highest BCUT2D eigenvalue weighted by Crippen LogP contribution is 2.16. The second-order valence-corrected chi connectivity index (χ2v) is 5.56. The molecule has 0 heterocycles. The Morgan fingerprint density at radius 1 is 1.05 bits per heavy atom. The Hall–Kier alpha value is -1.39. The predicted octanol–water partition coefficient (Wildman–Crippen LogP) is 4.50. The van der Waals surface area contributed by atoms with E-state index in [9.17, 15) is 0 Å². The highest BCUT2D eigenvalue weighted by atomic mass is 79.9. The molecule has 0 saturated carbocycles. The van der Waals surface area contributed by atoms with Crippen molar-refractivity contribution >= 4 is 38.9 Å². The van der Waals surface area contributed by atoms with E-state index in [0.717, 1.165) is 10.2 Å². The van der Waals surface area contributed by atoms with Crippen LogP contribution >= 0.6 is 28.1 Å². The zero-order valence-electron chi connectivity index (χ0n) is 10.6. The quantitative estimate of drug-likeness (QED) is 0.808. The molecule has 2 rings (SSSR count). The minimum absolute atomic E-state index is 0.164. The molecule has 2 aromatic rings. The molecule has 0 aliphatic heterocycles. The molecule has 0 amide bonds. The van der Waals surface area contributed by atoms with Crippen molar-refractivity contribution < 1.29 is 0 Å². The van der Waals surface area contributed by atoms with Crippen LogP contribution in [-0.2, 0) is 0 Å². The molecule has 19 heavy (non-hydrogen) atoms. The van der Waals surface area contributed by atoms with Crippen LogP contribution in [0.1, 0.15) is 18.5 Å². The van der Waals surface area contributed by atoms with Gasteiger partial charge in [0.25, 0.3) is 0 Å². The lowest BCUT2D eigenvalue weighted by atomic mass is 10.1. The number of thiocarbonyl (C=S) groups is 1. The Morgan fingerprint density at radius 3 is 2.32 bits per heavy atom. The molecule has 0 unspecified atom stereocenters. The predicted molar refractivity (Wildman–Crippen MR) is 88.4 cm³/mol. The minimum atomic E-state index is 0.164. The molecule has 2 nitrogen and oxygen atoms in total. The second kappa shape index (κ2) is 6.68. The Bertz CT molecular complexity index is 540. The number of hydrogen-bond donors (Lipinski definition) is 2. The summed E-state index contributed by atoms with van der Waals surface area (Å²) in [5, 5.41) is 7.06. The fraction of sp³-hybridized carbons (Fsp3) is 0.133. The van der Waals surface area contributed by atoms with Crippen LogP contribution in [0.25, 0.3) is 0 Å². The molecule has 0 radical (unpaired) electrons. The summed E-state index contributed by atoms with van der Waals surface area (Å²) in [5.41, 5.74) is 2.18. The molecule has 0 bridgehead atoms. The van der Waals surface area contributed by atoms with Crippen molar-refractivity contribution in [3.05, 3.63) is 64.6 Å². The number of anilines is 1. The Morgan fingerprint density at radius 2 is 1.68 bits per heavy atom. The van der Waals surface area contributed by atoms with Gasteiger partial charge in [0.15, 0.2) is 5.11 Å². The summed E-state index contributed by atoms with van der Waals surface area (Å²) in [7, 11) is 0. The maximum Gasteiger partial charge on any atom is 0.171 e. The first-order chi connectivity index (χ1) is 9.15. The van der Waals surface area contributed by atoms with Gasteiger partial charge in [-0.05, 0) is 49.0 Å². The SMILES string of the molecule is C[C@@H](NC(=S)Nc1ccccc1)c1ccc(Br)cc1. The summed E-state index contributed by atoms with van der Waals surface area (Å²) in [6.07, 6.45) is 0. The summed E-state index contributed by atoms with van der Waals surface area (Å²) < 4.78 is 1.08. The zero-order valence-corrected chi connectivity index (χ0v) is 13.0. The van der Waals surface area contributed by atoms with E-state index in [2.05, 4.69) is 45.6 Å². The van der Waals surface area contributed by atoms with E-state index < -0.39 is 0 Å². The van der Waals surface area contributed by atoms with Crippen LogP contribution in [0, 0.1) is 0 Å². The van der Waals surface area contributed by atoms with E-state index >= 15 is 0 Å². The lowest BCUT2D eigenvalue weighted by Gasteiger charge is -2.17. The number of para-hydroxylation sites is 1. The van der Waals surface area contributed by atoms with Gasteiger partial charge in [-0.15, -0.1) is 0 Å². The normalized spacial score (nSPS) is 11.7. The average molecular weight is 335 g/mol. The zero-order chi connectivity index (χ0) is 13.7. The van der Waals surface area contributed by atoms with Gasteiger partial charge in [0.05, 0.1) is 6.04 Å². The monoisotopic (exact) mass is 334 g/mol. The maximum absolute atomic E-state index is 5.31. The van der Waals surface area contributed by atoms with Crippen LogP contribution in [0.15, 0.2) is 59.1 Å². The van der Waals surface area contributed by atoms with Crippen molar-refractivity contribution in [2.75, 3.05) is 5.32 Å². The van der Waals surface area contributed by atoms with E-state index in [1.165, 1.54) is 5.56 Å². The van der Waals surface area contributed by atoms with Gasteiger partial charge in [-0.25, -0.2) is 0 Å². The van der Waals surface area contributed by atoms with Crippen LogP contribution in [0.3, 0.4) is 0 Å². The van der Waals surface area contributed by atoms with Crippen molar-refractivity contribution in [3.8, 4) is 0 Å². The summed E-state index contributed by atoms with van der Waals surface area (Å²) in [6, 6.07) is 18.3. The molecule has 0 spiro atoms. The maximum atomic E-state index is 5.31. The van der Waals surface area contributed by atoms with E-state index in [0.29, 0.717) is 5.11 Å². The molecule has 4 heteroatoms. The van der Waals surface area contributed by atoms with E-state index in [1.807, 2.05) is 42.5 Å². The Kier molecular flexibility index (Phi) is 4.93. The third-order valence-corrected chi connectivity index (χ3v) is 3.50. The smallest absolute Gasteiger partial charge is 0.171 e. The Balaban J connectivity index is 1.93. The largest absolute Gasteiger partial charge is 0.356 e. The van der Waals surface area contributed by atoms with Crippen LogP contribution in [-0.4, -0.2) is 5.11 Å². The Labute approximate surface area is 127 Å². The van der Waals surface area contributed by atoms with E-state index in [4.69, 9.17) is 12.2 Å². The first-order valence-corrected chi connectivity index (χ1v) is 7.23. The molecule has 0 aliphatic rings. The van der Waals surface area contributed by atoms with Gasteiger partial charge < -0.3 is 10.6 Å². The first kappa shape index (κ1) is 14.0. The topological polar surface area (TPSA) is 24.1 Å². The lowest BCUT2D eigenvalue weighted by Crippen LogP contribution is -2.30. The fourth-order valence-corrected chi connectivity index (χ4v) is 2.28. The van der Waals surface area contributed by atoms with Gasteiger partial charge in [0, 0.05) is 10.2 Å². The number of rotatable bonds is 3. The average Bonchev–Trinajstić information content (AvgIpc) is 2.40. The van der Waals surface area contributed by atoms with Crippen LogP contribution in [0.5, 0.6) is 0 Å². The molecule has 0 aromatic heterocycles. The molecule has 0 fully saturated rings. The highest BCUT2D eigenvalue weighted by Gasteiger charge is 2.06. The molecule has 0 saturated heterocycles. The molecular formula is C15H15BrN2S. The van der Waals surface area contributed by atoms with Crippen molar-refractivity contribution in [2.24, 2.45) is 0 Å². The van der Waals surface area contributed by atoms with Gasteiger partial charge in [-0.3, -0.25) is 0 Å². The number of halogens is 1.